The lowest BCUT2D eigenvalue weighted by Crippen LogP contribution is -2.31. The van der Waals surface area contributed by atoms with Crippen LogP contribution in [0.25, 0.3) is 0 Å². The van der Waals surface area contributed by atoms with Gasteiger partial charge in [0.1, 0.15) is 12.4 Å². The van der Waals surface area contributed by atoms with E-state index in [9.17, 15) is 18.8 Å². The van der Waals surface area contributed by atoms with E-state index in [2.05, 4.69) is 5.32 Å². The summed E-state index contributed by atoms with van der Waals surface area (Å²) < 4.78 is 17.5. The Morgan fingerprint density at radius 1 is 0.958 bits per heavy atom. The highest BCUT2D eigenvalue weighted by molar-refractivity contribution is 6.30. The molecule has 0 radical (unpaired) electrons. The third-order valence-corrected chi connectivity index (χ3v) is 3.28. The van der Waals surface area contributed by atoms with E-state index in [0.29, 0.717) is 10.6 Å². The number of rotatable bonds is 6. The molecule has 7 heteroatoms. The van der Waals surface area contributed by atoms with Crippen LogP contribution < -0.4 is 5.32 Å². The zero-order valence-electron chi connectivity index (χ0n) is 12.4. The highest BCUT2D eigenvalue weighted by atomic mass is 35.5. The number of Topliss-reactive ketones (excluding diaryl/α,β-unsaturated/α-hetero) is 1. The molecule has 0 aliphatic rings. The Balaban J connectivity index is 1.77. The topological polar surface area (TPSA) is 72.5 Å². The van der Waals surface area contributed by atoms with Crippen molar-refractivity contribution in [1.29, 1.82) is 0 Å². The van der Waals surface area contributed by atoms with E-state index in [1.54, 1.807) is 12.1 Å². The molecule has 0 spiro atoms. The van der Waals surface area contributed by atoms with Crippen molar-refractivity contribution in [3.8, 4) is 0 Å². The molecule has 1 N–H and O–H groups in total. The first-order chi connectivity index (χ1) is 11.5. The summed E-state index contributed by atoms with van der Waals surface area (Å²) in [7, 11) is 0. The van der Waals surface area contributed by atoms with Crippen molar-refractivity contribution in [3.63, 3.8) is 0 Å². The summed E-state index contributed by atoms with van der Waals surface area (Å²) in [4.78, 5) is 35.1. The molecular weight excluding hydrogens is 337 g/mol. The Hall–Kier alpha value is -2.73. The summed E-state index contributed by atoms with van der Waals surface area (Å²) >= 11 is 5.72. The van der Waals surface area contributed by atoms with Gasteiger partial charge in [-0.05, 0) is 48.5 Å². The number of halogens is 2. The lowest BCUT2D eigenvalue weighted by molar-refractivity contribution is -0.141. The number of ketones is 1. The van der Waals surface area contributed by atoms with E-state index in [0.717, 1.165) is 12.1 Å². The smallest absolute Gasteiger partial charge is 0.325 e. The van der Waals surface area contributed by atoms with Crippen LogP contribution in [-0.4, -0.2) is 30.8 Å². The molecule has 124 valence electrons. The molecule has 1 amide bonds. The van der Waals surface area contributed by atoms with Crippen LogP contribution in [0.2, 0.25) is 5.02 Å². The third kappa shape index (κ3) is 5.17. The third-order valence-electron chi connectivity index (χ3n) is 3.03. The van der Waals surface area contributed by atoms with Gasteiger partial charge in [0.25, 0.3) is 5.91 Å². The average molecular weight is 350 g/mol. The predicted molar refractivity (Wildman–Crippen MR) is 85.5 cm³/mol. The quantitative estimate of drug-likeness (QED) is 0.642. The molecule has 0 aliphatic heterocycles. The second-order valence-electron chi connectivity index (χ2n) is 4.78. The van der Waals surface area contributed by atoms with Gasteiger partial charge in [0.05, 0.1) is 0 Å². The van der Waals surface area contributed by atoms with Gasteiger partial charge >= 0.3 is 5.97 Å². The van der Waals surface area contributed by atoms with E-state index in [4.69, 9.17) is 16.3 Å². The number of nitrogens with one attached hydrogen (secondary N) is 1. The van der Waals surface area contributed by atoms with Gasteiger partial charge in [-0.1, -0.05) is 11.6 Å². The van der Waals surface area contributed by atoms with Gasteiger partial charge in [0, 0.05) is 16.1 Å². The second kappa shape index (κ2) is 8.21. The van der Waals surface area contributed by atoms with Crippen LogP contribution in [0.1, 0.15) is 20.7 Å². The fourth-order valence-corrected chi connectivity index (χ4v) is 1.90. The lowest BCUT2D eigenvalue weighted by atomic mass is 10.1. The molecule has 0 atom stereocenters. The van der Waals surface area contributed by atoms with Crippen LogP contribution in [0, 0.1) is 5.82 Å². The fraction of sp³-hybridized carbons (Fsp3) is 0.118. The summed E-state index contributed by atoms with van der Waals surface area (Å²) in [5.41, 5.74) is 0.573. The Morgan fingerprint density at radius 2 is 1.54 bits per heavy atom. The van der Waals surface area contributed by atoms with Crippen molar-refractivity contribution in [2.75, 3.05) is 13.2 Å². The lowest BCUT2D eigenvalue weighted by Gasteiger charge is -2.06. The fourth-order valence-electron chi connectivity index (χ4n) is 1.77. The Labute approximate surface area is 142 Å². The predicted octanol–water partition coefficient (Wildman–Crippen LogP) is 2.64. The zero-order chi connectivity index (χ0) is 17.5. The van der Waals surface area contributed by atoms with Gasteiger partial charge < -0.3 is 10.1 Å². The Bertz CT molecular complexity index is 681. The monoisotopic (exact) mass is 349 g/mol. The highest BCUT2D eigenvalue weighted by Crippen LogP contribution is 2.09. The van der Waals surface area contributed by atoms with Gasteiger partial charge in [-0.15, -0.1) is 0 Å². The summed E-state index contributed by atoms with van der Waals surface area (Å²) in [5, 5.41) is 2.86. The van der Waals surface area contributed by atoms with E-state index in [-0.39, 0.29) is 12.1 Å². The number of amides is 1. The minimum Gasteiger partial charge on any atom is -0.456 e. The maximum absolute atomic E-state index is 12.8. The molecule has 0 aliphatic carbocycles. The molecule has 0 saturated carbocycles. The maximum Gasteiger partial charge on any atom is 0.325 e. The first-order valence-corrected chi connectivity index (χ1v) is 7.31. The van der Waals surface area contributed by atoms with Crippen LogP contribution in [0.3, 0.4) is 0 Å². The minimum absolute atomic E-state index is 0.231. The zero-order valence-corrected chi connectivity index (χ0v) is 13.2. The standard InChI is InChI=1S/C17H13ClFNO4/c18-13-5-1-12(2-6-13)17(23)20-9-16(22)24-10-15(21)11-3-7-14(19)8-4-11/h1-8H,9-10H2,(H,20,23). The SMILES string of the molecule is O=C(CNC(=O)c1ccc(Cl)cc1)OCC(=O)c1ccc(F)cc1. The van der Waals surface area contributed by atoms with E-state index >= 15 is 0 Å². The highest BCUT2D eigenvalue weighted by Gasteiger charge is 2.12. The molecular formula is C17H13ClFNO4. The molecule has 2 aromatic rings. The number of hydrogen-bond donors (Lipinski definition) is 1. The van der Waals surface area contributed by atoms with Crippen molar-refractivity contribution in [1.82, 2.24) is 5.32 Å². The van der Waals surface area contributed by atoms with Crippen LogP contribution in [0.4, 0.5) is 4.39 Å². The van der Waals surface area contributed by atoms with Crippen molar-refractivity contribution in [2.45, 2.75) is 0 Å². The van der Waals surface area contributed by atoms with Crippen LogP contribution >= 0.6 is 11.6 Å². The van der Waals surface area contributed by atoms with Crippen LogP contribution in [-0.2, 0) is 9.53 Å². The molecule has 0 bridgehead atoms. The summed E-state index contributed by atoms with van der Waals surface area (Å²) in [6, 6.07) is 11.0. The first kappa shape index (κ1) is 17.6. The molecule has 0 fully saturated rings. The number of carbonyl (C=O) groups is 3. The van der Waals surface area contributed by atoms with Gasteiger partial charge in [-0.3, -0.25) is 14.4 Å². The number of esters is 1. The van der Waals surface area contributed by atoms with E-state index < -0.39 is 30.1 Å². The number of benzene rings is 2. The van der Waals surface area contributed by atoms with Crippen molar-refractivity contribution in [2.24, 2.45) is 0 Å². The van der Waals surface area contributed by atoms with E-state index in [1.807, 2.05) is 0 Å². The Morgan fingerprint density at radius 3 is 2.17 bits per heavy atom. The van der Waals surface area contributed by atoms with Crippen molar-refractivity contribution >= 4 is 29.3 Å². The summed E-state index contributed by atoms with van der Waals surface area (Å²) in [6.07, 6.45) is 0. The minimum atomic E-state index is -0.757. The van der Waals surface area contributed by atoms with Crippen molar-refractivity contribution in [3.05, 3.63) is 70.5 Å². The molecule has 0 heterocycles. The molecule has 0 unspecified atom stereocenters. The van der Waals surface area contributed by atoms with Gasteiger partial charge in [-0.2, -0.15) is 0 Å². The molecule has 5 nitrogen and oxygen atoms in total. The number of carbonyl (C=O) groups excluding carboxylic acids is 3. The van der Waals surface area contributed by atoms with Crippen LogP contribution in [0.15, 0.2) is 48.5 Å². The normalized spacial score (nSPS) is 10.1. The molecule has 24 heavy (non-hydrogen) atoms. The molecule has 2 rings (SSSR count). The first-order valence-electron chi connectivity index (χ1n) is 6.94. The van der Waals surface area contributed by atoms with Crippen LogP contribution in [0.5, 0.6) is 0 Å². The summed E-state index contributed by atoms with van der Waals surface area (Å²) in [5.74, 6) is -2.15. The number of hydrogen-bond acceptors (Lipinski definition) is 4. The van der Waals surface area contributed by atoms with Gasteiger partial charge in [-0.25, -0.2) is 4.39 Å². The van der Waals surface area contributed by atoms with Gasteiger partial charge in [0.15, 0.2) is 12.4 Å². The summed E-state index contributed by atoms with van der Waals surface area (Å²) in [6.45, 7) is -0.862. The average Bonchev–Trinajstić information content (AvgIpc) is 2.58. The second-order valence-corrected chi connectivity index (χ2v) is 5.22. The van der Waals surface area contributed by atoms with Gasteiger partial charge in [0.2, 0.25) is 0 Å². The molecule has 0 aromatic heterocycles. The largest absolute Gasteiger partial charge is 0.456 e. The Kier molecular flexibility index (Phi) is 6.03. The van der Waals surface area contributed by atoms with E-state index in [1.165, 1.54) is 24.3 Å². The number of ether oxygens (including phenoxy) is 1. The maximum atomic E-state index is 12.8. The molecule has 0 saturated heterocycles. The van der Waals surface area contributed by atoms with Crippen molar-refractivity contribution < 1.29 is 23.5 Å². The molecule has 2 aromatic carbocycles.